The number of imidazole rings is 1. The highest BCUT2D eigenvalue weighted by Gasteiger charge is 2.16. The molecule has 74 valence electrons. The summed E-state index contributed by atoms with van der Waals surface area (Å²) in [5, 5.41) is 9.81. The minimum Gasteiger partial charge on any atom is -0.386 e. The average Bonchev–Trinajstić information content (AvgIpc) is 2.46. The molecular formula is C10H11BrN2O. The van der Waals surface area contributed by atoms with Crippen molar-refractivity contribution in [1.82, 2.24) is 9.38 Å². The predicted molar refractivity (Wildman–Crippen MR) is 58.1 cm³/mol. The molecule has 4 heteroatoms. The fourth-order valence-electron chi connectivity index (χ4n) is 1.33. The Bertz CT molecular complexity index is 470. The molecule has 0 unspecified atom stereocenters. The second-order valence-electron chi connectivity index (χ2n) is 3.78. The van der Waals surface area contributed by atoms with Gasteiger partial charge in [0, 0.05) is 6.20 Å². The van der Waals surface area contributed by atoms with E-state index in [4.69, 9.17) is 0 Å². The Balaban J connectivity index is 2.63. The lowest BCUT2D eigenvalue weighted by Gasteiger charge is -2.17. The summed E-state index contributed by atoms with van der Waals surface area (Å²) in [6, 6.07) is 3.77. The van der Waals surface area contributed by atoms with Crippen molar-refractivity contribution in [3.8, 4) is 0 Å². The van der Waals surface area contributed by atoms with E-state index in [-0.39, 0.29) is 0 Å². The SMILES string of the molecule is CC(C)(O)c1ccn2c(Br)cnc2c1. The van der Waals surface area contributed by atoms with Crippen LogP contribution in [0.1, 0.15) is 19.4 Å². The van der Waals surface area contributed by atoms with Gasteiger partial charge in [-0.05, 0) is 47.5 Å². The van der Waals surface area contributed by atoms with Gasteiger partial charge < -0.3 is 5.11 Å². The molecule has 0 saturated heterocycles. The fourth-order valence-corrected chi connectivity index (χ4v) is 1.73. The average molecular weight is 255 g/mol. The molecule has 0 saturated carbocycles. The number of nitrogens with zero attached hydrogens (tertiary/aromatic N) is 2. The number of hydrogen-bond acceptors (Lipinski definition) is 2. The number of pyridine rings is 1. The van der Waals surface area contributed by atoms with Gasteiger partial charge in [-0.25, -0.2) is 4.98 Å². The van der Waals surface area contributed by atoms with E-state index in [9.17, 15) is 5.11 Å². The van der Waals surface area contributed by atoms with Crippen LogP contribution in [-0.4, -0.2) is 14.5 Å². The van der Waals surface area contributed by atoms with Gasteiger partial charge in [-0.2, -0.15) is 0 Å². The molecule has 0 atom stereocenters. The molecule has 0 radical (unpaired) electrons. The molecule has 0 aliphatic carbocycles. The summed E-state index contributed by atoms with van der Waals surface area (Å²) >= 11 is 3.38. The second-order valence-corrected chi connectivity index (χ2v) is 4.60. The quantitative estimate of drug-likeness (QED) is 0.849. The van der Waals surface area contributed by atoms with Crippen LogP contribution in [0.2, 0.25) is 0 Å². The van der Waals surface area contributed by atoms with Gasteiger partial charge in [0.1, 0.15) is 10.3 Å². The van der Waals surface area contributed by atoms with Gasteiger partial charge in [0.15, 0.2) is 0 Å². The Morgan fingerprint density at radius 2 is 2.21 bits per heavy atom. The molecule has 0 fully saturated rings. The van der Waals surface area contributed by atoms with E-state index < -0.39 is 5.60 Å². The van der Waals surface area contributed by atoms with Gasteiger partial charge in [-0.15, -0.1) is 0 Å². The van der Waals surface area contributed by atoms with Crippen molar-refractivity contribution in [2.24, 2.45) is 0 Å². The monoisotopic (exact) mass is 254 g/mol. The fraction of sp³-hybridized carbons (Fsp3) is 0.300. The number of hydrogen-bond donors (Lipinski definition) is 1. The standard InChI is InChI=1S/C10H11BrN2O/c1-10(2,14)7-3-4-13-8(11)6-12-9(13)5-7/h3-6,14H,1-2H3. The molecular weight excluding hydrogens is 244 g/mol. The topological polar surface area (TPSA) is 37.5 Å². The Labute approximate surface area is 90.5 Å². The van der Waals surface area contributed by atoms with Crippen molar-refractivity contribution in [2.45, 2.75) is 19.4 Å². The second kappa shape index (κ2) is 3.07. The lowest BCUT2D eigenvalue weighted by atomic mass is 10.00. The van der Waals surface area contributed by atoms with E-state index in [1.807, 2.05) is 22.7 Å². The van der Waals surface area contributed by atoms with Crippen LogP contribution < -0.4 is 0 Å². The van der Waals surface area contributed by atoms with Crippen molar-refractivity contribution in [1.29, 1.82) is 0 Å². The van der Waals surface area contributed by atoms with E-state index in [2.05, 4.69) is 20.9 Å². The third kappa shape index (κ3) is 1.55. The van der Waals surface area contributed by atoms with Crippen molar-refractivity contribution in [3.05, 3.63) is 34.7 Å². The van der Waals surface area contributed by atoms with E-state index >= 15 is 0 Å². The van der Waals surface area contributed by atoms with Crippen molar-refractivity contribution >= 4 is 21.6 Å². The van der Waals surface area contributed by atoms with Crippen molar-refractivity contribution in [2.75, 3.05) is 0 Å². The molecule has 0 aliphatic rings. The number of aliphatic hydroxyl groups is 1. The molecule has 0 spiro atoms. The summed E-state index contributed by atoms with van der Waals surface area (Å²) in [5.74, 6) is 0. The summed E-state index contributed by atoms with van der Waals surface area (Å²) in [6.45, 7) is 3.52. The highest BCUT2D eigenvalue weighted by atomic mass is 79.9. The van der Waals surface area contributed by atoms with Crippen LogP contribution in [0.15, 0.2) is 29.1 Å². The molecule has 2 heterocycles. The first-order valence-corrected chi connectivity index (χ1v) is 5.13. The van der Waals surface area contributed by atoms with Crippen LogP contribution in [0.5, 0.6) is 0 Å². The van der Waals surface area contributed by atoms with Gasteiger partial charge in [-0.3, -0.25) is 4.40 Å². The highest BCUT2D eigenvalue weighted by molar-refractivity contribution is 9.10. The minimum atomic E-state index is -0.819. The van der Waals surface area contributed by atoms with Gasteiger partial charge in [-0.1, -0.05) is 0 Å². The molecule has 0 aromatic carbocycles. The number of fused-ring (bicyclic) bond motifs is 1. The number of halogens is 1. The van der Waals surface area contributed by atoms with E-state index in [0.717, 1.165) is 15.8 Å². The molecule has 14 heavy (non-hydrogen) atoms. The summed E-state index contributed by atoms with van der Waals surface area (Å²) in [6.07, 6.45) is 3.63. The molecule has 1 N–H and O–H groups in total. The Morgan fingerprint density at radius 1 is 1.50 bits per heavy atom. The molecule has 0 bridgehead atoms. The first-order chi connectivity index (χ1) is 6.48. The lowest BCUT2D eigenvalue weighted by Crippen LogP contribution is -2.15. The van der Waals surface area contributed by atoms with Crippen LogP contribution in [-0.2, 0) is 5.60 Å². The highest BCUT2D eigenvalue weighted by Crippen LogP contribution is 2.22. The summed E-state index contributed by atoms with van der Waals surface area (Å²) < 4.78 is 2.82. The van der Waals surface area contributed by atoms with E-state index in [0.29, 0.717) is 0 Å². The van der Waals surface area contributed by atoms with Crippen LogP contribution in [0.4, 0.5) is 0 Å². The maximum Gasteiger partial charge on any atom is 0.137 e. The Morgan fingerprint density at radius 3 is 2.86 bits per heavy atom. The van der Waals surface area contributed by atoms with Crippen molar-refractivity contribution < 1.29 is 5.11 Å². The predicted octanol–water partition coefficient (Wildman–Crippen LogP) is 2.32. The number of aromatic nitrogens is 2. The summed E-state index contributed by atoms with van der Waals surface area (Å²) in [7, 11) is 0. The largest absolute Gasteiger partial charge is 0.386 e. The maximum atomic E-state index is 9.81. The van der Waals surface area contributed by atoms with Crippen LogP contribution in [0, 0.1) is 0 Å². The zero-order chi connectivity index (χ0) is 10.3. The van der Waals surface area contributed by atoms with Crippen molar-refractivity contribution in [3.63, 3.8) is 0 Å². The van der Waals surface area contributed by atoms with E-state index in [1.54, 1.807) is 20.0 Å². The van der Waals surface area contributed by atoms with Gasteiger partial charge in [0.05, 0.1) is 11.8 Å². The normalized spacial score (nSPS) is 12.3. The first-order valence-electron chi connectivity index (χ1n) is 4.34. The van der Waals surface area contributed by atoms with Crippen LogP contribution in [0.3, 0.4) is 0 Å². The molecule has 0 amide bonds. The van der Waals surface area contributed by atoms with Gasteiger partial charge >= 0.3 is 0 Å². The third-order valence-electron chi connectivity index (χ3n) is 2.17. The molecule has 2 rings (SSSR count). The Hall–Kier alpha value is -0.870. The smallest absolute Gasteiger partial charge is 0.137 e. The third-order valence-corrected chi connectivity index (χ3v) is 2.76. The Kier molecular flexibility index (Phi) is 2.12. The first kappa shape index (κ1) is 9.68. The van der Waals surface area contributed by atoms with Gasteiger partial charge in [0.25, 0.3) is 0 Å². The summed E-state index contributed by atoms with van der Waals surface area (Å²) in [4.78, 5) is 4.20. The van der Waals surface area contributed by atoms with E-state index in [1.165, 1.54) is 0 Å². The molecule has 3 nitrogen and oxygen atoms in total. The molecule has 2 aromatic heterocycles. The van der Waals surface area contributed by atoms with Crippen LogP contribution in [0.25, 0.3) is 5.65 Å². The summed E-state index contributed by atoms with van der Waals surface area (Å²) in [5.41, 5.74) is 0.875. The zero-order valence-electron chi connectivity index (χ0n) is 8.03. The lowest BCUT2D eigenvalue weighted by molar-refractivity contribution is 0.0786. The maximum absolute atomic E-state index is 9.81. The molecule has 2 aromatic rings. The minimum absolute atomic E-state index is 0.819. The molecule has 0 aliphatic heterocycles. The zero-order valence-corrected chi connectivity index (χ0v) is 9.62. The number of rotatable bonds is 1. The van der Waals surface area contributed by atoms with Crippen LogP contribution >= 0.6 is 15.9 Å². The van der Waals surface area contributed by atoms with Gasteiger partial charge in [0.2, 0.25) is 0 Å².